The van der Waals surface area contributed by atoms with E-state index in [4.69, 9.17) is 15.0 Å². The molecular formula is C15H23BN2O3. The van der Waals surface area contributed by atoms with Crippen molar-refractivity contribution in [2.45, 2.75) is 44.9 Å². The van der Waals surface area contributed by atoms with Crippen LogP contribution in [0, 0.1) is 0 Å². The van der Waals surface area contributed by atoms with Gasteiger partial charge in [-0.15, -0.1) is 0 Å². The molecule has 1 saturated heterocycles. The molecular weight excluding hydrogens is 267 g/mol. The molecule has 1 aliphatic rings. The Kier molecular flexibility index (Phi) is 4.53. The monoisotopic (exact) mass is 290 g/mol. The highest BCUT2D eigenvalue weighted by atomic mass is 16.7. The van der Waals surface area contributed by atoms with E-state index in [1.54, 1.807) is 12.4 Å². The predicted molar refractivity (Wildman–Crippen MR) is 83.4 cm³/mol. The highest BCUT2D eigenvalue weighted by molar-refractivity contribution is 6.52. The minimum Gasteiger partial charge on any atom is -0.400 e. The van der Waals surface area contributed by atoms with E-state index < -0.39 is 13.2 Å². The summed E-state index contributed by atoms with van der Waals surface area (Å²) in [5.41, 5.74) is 6.87. The number of aliphatic hydroxyl groups is 1. The van der Waals surface area contributed by atoms with Crippen LogP contribution in [0.1, 0.15) is 44.9 Å². The van der Waals surface area contributed by atoms with E-state index in [1.165, 1.54) is 0 Å². The smallest absolute Gasteiger partial charge is 0.400 e. The average Bonchev–Trinajstić information content (AvgIpc) is 2.64. The van der Waals surface area contributed by atoms with Crippen LogP contribution in [0.5, 0.6) is 0 Å². The summed E-state index contributed by atoms with van der Waals surface area (Å²) in [5.74, 6) is 1.86. The molecule has 0 saturated carbocycles. The molecule has 0 spiro atoms. The Labute approximate surface area is 126 Å². The van der Waals surface area contributed by atoms with Gasteiger partial charge in [-0.2, -0.15) is 0 Å². The molecule has 0 radical (unpaired) electrons. The van der Waals surface area contributed by atoms with E-state index in [0.717, 1.165) is 11.1 Å². The van der Waals surface area contributed by atoms with Gasteiger partial charge in [-0.05, 0) is 44.9 Å². The molecule has 1 aromatic rings. The minimum absolute atomic E-state index is 0.122. The van der Waals surface area contributed by atoms with Crippen molar-refractivity contribution >= 4 is 13.2 Å². The van der Waals surface area contributed by atoms with Gasteiger partial charge < -0.3 is 20.1 Å². The normalized spacial score (nSPS) is 21.9. The Morgan fingerprint density at radius 3 is 2.52 bits per heavy atom. The summed E-state index contributed by atoms with van der Waals surface area (Å²) < 4.78 is 11.8. The van der Waals surface area contributed by atoms with Crippen LogP contribution in [0.2, 0.25) is 0 Å². The third kappa shape index (κ3) is 3.35. The Balaban J connectivity index is 2.17. The van der Waals surface area contributed by atoms with Crippen molar-refractivity contribution in [1.82, 2.24) is 4.98 Å². The molecule has 0 amide bonds. The van der Waals surface area contributed by atoms with Crippen LogP contribution in [-0.4, -0.2) is 35.0 Å². The topological polar surface area (TPSA) is 77.6 Å². The maximum atomic E-state index is 9.20. The number of nitrogens with two attached hydrogens (primary N) is 1. The Morgan fingerprint density at radius 1 is 1.33 bits per heavy atom. The zero-order valence-electron chi connectivity index (χ0n) is 13.0. The van der Waals surface area contributed by atoms with Crippen molar-refractivity contribution < 1.29 is 14.4 Å². The molecule has 114 valence electrons. The Morgan fingerprint density at radius 2 is 1.95 bits per heavy atom. The van der Waals surface area contributed by atoms with Crippen LogP contribution >= 0.6 is 0 Å². The van der Waals surface area contributed by atoms with Crippen molar-refractivity contribution in [2.75, 3.05) is 6.61 Å². The fourth-order valence-electron chi connectivity index (χ4n) is 2.13. The quantitative estimate of drug-likeness (QED) is 0.826. The predicted octanol–water partition coefficient (Wildman–Crippen LogP) is 1.72. The Hall–Kier alpha value is -1.21. The molecule has 1 fully saturated rings. The maximum absolute atomic E-state index is 9.20. The van der Waals surface area contributed by atoms with Gasteiger partial charge in [0.15, 0.2) is 0 Å². The lowest BCUT2D eigenvalue weighted by molar-refractivity contribution is 0.00578. The lowest BCUT2D eigenvalue weighted by Gasteiger charge is -2.32. The highest BCUT2D eigenvalue weighted by Gasteiger charge is 2.49. The van der Waals surface area contributed by atoms with Crippen molar-refractivity contribution in [3.05, 3.63) is 35.6 Å². The summed E-state index contributed by atoms with van der Waals surface area (Å²) in [6.45, 7) is 7.94. The van der Waals surface area contributed by atoms with Gasteiger partial charge in [0.05, 0.1) is 23.9 Å². The largest absolute Gasteiger partial charge is 0.487 e. The second-order valence-corrected chi connectivity index (χ2v) is 6.28. The zero-order chi connectivity index (χ0) is 15.7. The average molecular weight is 290 g/mol. The fraction of sp³-hybridized carbons (Fsp3) is 0.533. The van der Waals surface area contributed by atoms with E-state index in [1.807, 2.05) is 45.8 Å². The first kappa shape index (κ1) is 16.2. The van der Waals surface area contributed by atoms with Crippen LogP contribution in [0.4, 0.5) is 0 Å². The number of hydrogen-bond acceptors (Lipinski definition) is 5. The van der Waals surface area contributed by atoms with E-state index in [-0.39, 0.29) is 17.8 Å². The third-order valence-corrected chi connectivity index (χ3v) is 4.19. The summed E-state index contributed by atoms with van der Waals surface area (Å²) in [5, 5.41) is 9.20. The first-order valence-electron chi connectivity index (χ1n) is 7.11. The number of hydrogen-bond donors (Lipinski definition) is 2. The van der Waals surface area contributed by atoms with Crippen molar-refractivity contribution in [3.8, 4) is 0 Å². The highest BCUT2D eigenvalue weighted by Crippen LogP contribution is 2.37. The van der Waals surface area contributed by atoms with Gasteiger partial charge in [-0.1, -0.05) is 12.1 Å². The van der Waals surface area contributed by atoms with Gasteiger partial charge in [0, 0.05) is 12.4 Å². The Bertz CT molecular complexity index is 515. The second-order valence-electron chi connectivity index (χ2n) is 6.28. The molecule has 3 N–H and O–H groups in total. The maximum Gasteiger partial charge on any atom is 0.487 e. The van der Waals surface area contributed by atoms with Crippen LogP contribution in [0.25, 0.3) is 6.08 Å². The third-order valence-electron chi connectivity index (χ3n) is 4.19. The second kappa shape index (κ2) is 5.89. The first-order valence-corrected chi connectivity index (χ1v) is 7.11. The lowest BCUT2D eigenvalue weighted by atomic mass is 9.88. The first-order chi connectivity index (χ1) is 9.77. The molecule has 5 nitrogen and oxygen atoms in total. The van der Waals surface area contributed by atoms with Gasteiger partial charge >= 0.3 is 7.12 Å². The summed E-state index contributed by atoms with van der Waals surface area (Å²) in [6, 6.07) is 1.41. The molecule has 1 aliphatic heterocycles. The van der Waals surface area contributed by atoms with Crippen molar-refractivity contribution in [2.24, 2.45) is 5.73 Å². The van der Waals surface area contributed by atoms with E-state index >= 15 is 0 Å². The molecule has 0 bridgehead atoms. The fourth-order valence-corrected chi connectivity index (χ4v) is 2.13. The van der Waals surface area contributed by atoms with E-state index in [2.05, 4.69) is 4.98 Å². The molecule has 1 atom stereocenters. The van der Waals surface area contributed by atoms with Crippen LogP contribution in [0.3, 0.4) is 0 Å². The summed E-state index contributed by atoms with van der Waals surface area (Å²) in [6.07, 6.45) is 5.26. The number of nitrogens with zero attached hydrogens (tertiary/aromatic N) is 1. The van der Waals surface area contributed by atoms with Crippen molar-refractivity contribution in [1.29, 1.82) is 0 Å². The zero-order valence-corrected chi connectivity index (χ0v) is 13.0. The number of rotatable bonds is 4. The van der Waals surface area contributed by atoms with Crippen LogP contribution in [0.15, 0.2) is 24.4 Å². The number of pyridine rings is 1. The molecule has 0 aliphatic carbocycles. The molecule has 21 heavy (non-hydrogen) atoms. The van der Waals surface area contributed by atoms with Crippen molar-refractivity contribution in [3.63, 3.8) is 0 Å². The molecule has 6 heteroatoms. The molecule has 0 aromatic carbocycles. The molecule has 2 rings (SSSR count). The van der Waals surface area contributed by atoms with Gasteiger partial charge in [0.2, 0.25) is 0 Å². The van der Waals surface area contributed by atoms with E-state index in [9.17, 15) is 5.11 Å². The number of aliphatic hydroxyl groups excluding tert-OH is 1. The molecule has 0 unspecified atom stereocenters. The van der Waals surface area contributed by atoms with Gasteiger partial charge in [-0.25, -0.2) is 0 Å². The molecule has 1 aromatic heterocycles. The summed E-state index contributed by atoms with van der Waals surface area (Å²) in [4.78, 5) is 4.05. The van der Waals surface area contributed by atoms with Crippen LogP contribution < -0.4 is 5.73 Å². The van der Waals surface area contributed by atoms with E-state index in [0.29, 0.717) is 0 Å². The van der Waals surface area contributed by atoms with Gasteiger partial charge in [-0.3, -0.25) is 4.98 Å². The summed E-state index contributed by atoms with van der Waals surface area (Å²) in [7, 11) is -0.402. The molecule has 2 heterocycles. The summed E-state index contributed by atoms with van der Waals surface area (Å²) >= 11 is 0. The lowest BCUT2D eigenvalue weighted by Crippen LogP contribution is -2.41. The standard InChI is InChI=1S/C15H23BN2O3/c1-14(2)15(3,4)21-16(20-14)7-5-11-6-8-18-9-12(11)13(17)10-19/h5-9,13,19H,10,17H2,1-4H3/b7-5+/t13-/m1/s1. The van der Waals surface area contributed by atoms with Gasteiger partial charge in [0.1, 0.15) is 0 Å². The van der Waals surface area contributed by atoms with Gasteiger partial charge in [0.25, 0.3) is 0 Å². The van der Waals surface area contributed by atoms with Crippen LogP contribution in [-0.2, 0) is 9.31 Å². The number of aromatic nitrogens is 1. The SMILES string of the molecule is CC1(C)OB(/C=C/c2ccncc2[C@H](N)CO)OC1(C)C. The minimum atomic E-state index is -0.448.